The number of likely N-dealkylation sites (tertiary alicyclic amines) is 1. The fourth-order valence-corrected chi connectivity index (χ4v) is 2.52. The molecule has 0 aliphatic carbocycles. The van der Waals surface area contributed by atoms with Gasteiger partial charge < -0.3 is 19.5 Å². The lowest BCUT2D eigenvalue weighted by molar-refractivity contribution is -0.147. The zero-order chi connectivity index (χ0) is 15.0. The zero-order valence-electron chi connectivity index (χ0n) is 11.7. The molecule has 3 rings (SSSR count). The highest BCUT2D eigenvalue weighted by Gasteiger charge is 2.42. The van der Waals surface area contributed by atoms with E-state index in [0.29, 0.717) is 37.8 Å². The molecule has 1 aromatic rings. The maximum absolute atomic E-state index is 12.4. The van der Waals surface area contributed by atoms with Crippen LogP contribution in [0.15, 0.2) is 12.1 Å². The molecular weight excluding hydrogens is 276 g/mol. The maximum atomic E-state index is 12.4. The molecule has 1 fully saturated rings. The molecule has 1 atom stereocenters. The van der Waals surface area contributed by atoms with Crippen LogP contribution in [0.1, 0.15) is 23.8 Å². The molecule has 21 heavy (non-hydrogen) atoms. The van der Waals surface area contributed by atoms with Gasteiger partial charge in [-0.05, 0) is 25.5 Å². The van der Waals surface area contributed by atoms with E-state index in [0.717, 1.165) is 0 Å². The third-order valence-electron chi connectivity index (χ3n) is 3.90. The van der Waals surface area contributed by atoms with Gasteiger partial charge in [-0.3, -0.25) is 9.59 Å². The highest BCUT2D eigenvalue weighted by molar-refractivity contribution is 5.93. The Kier molecular flexibility index (Phi) is 3.19. The Bertz CT molecular complexity index is 603. The van der Waals surface area contributed by atoms with Gasteiger partial charge in [0.2, 0.25) is 0 Å². The van der Waals surface area contributed by atoms with E-state index in [2.05, 4.69) is 4.98 Å². The van der Waals surface area contributed by atoms with Gasteiger partial charge in [-0.2, -0.15) is 0 Å². The summed E-state index contributed by atoms with van der Waals surface area (Å²) in [5, 5.41) is 9.21. The number of nitrogens with zero attached hydrogens (tertiary/aromatic N) is 2. The van der Waals surface area contributed by atoms with Crippen molar-refractivity contribution in [3.05, 3.63) is 17.8 Å². The average Bonchev–Trinajstić information content (AvgIpc) is 2.90. The number of aromatic nitrogens is 1. The predicted molar refractivity (Wildman–Crippen MR) is 71.5 cm³/mol. The number of carboxylic acids is 1. The van der Waals surface area contributed by atoms with Crippen LogP contribution in [0.2, 0.25) is 0 Å². The van der Waals surface area contributed by atoms with Crippen LogP contribution in [0, 0.1) is 5.41 Å². The van der Waals surface area contributed by atoms with Crippen LogP contribution in [-0.2, 0) is 4.79 Å². The Morgan fingerprint density at radius 2 is 2.10 bits per heavy atom. The van der Waals surface area contributed by atoms with Gasteiger partial charge in [0.25, 0.3) is 11.8 Å². The molecule has 0 spiro atoms. The van der Waals surface area contributed by atoms with Crippen molar-refractivity contribution in [2.75, 3.05) is 26.3 Å². The number of ether oxygens (including phenoxy) is 2. The fraction of sp³-hybridized carbons (Fsp3) is 0.500. The van der Waals surface area contributed by atoms with Crippen LogP contribution in [0.25, 0.3) is 0 Å². The van der Waals surface area contributed by atoms with E-state index in [1.54, 1.807) is 19.1 Å². The molecule has 2 aliphatic rings. The molecule has 3 heterocycles. The number of rotatable bonds is 2. The molecule has 7 nitrogen and oxygen atoms in total. The number of hydrogen-bond donors (Lipinski definition) is 1. The number of hydrogen-bond acceptors (Lipinski definition) is 5. The first-order chi connectivity index (χ1) is 9.99. The molecule has 2 aliphatic heterocycles. The number of amides is 1. The van der Waals surface area contributed by atoms with Crippen molar-refractivity contribution >= 4 is 11.9 Å². The summed E-state index contributed by atoms with van der Waals surface area (Å²) in [5.41, 5.74) is -0.641. The van der Waals surface area contributed by atoms with E-state index < -0.39 is 11.4 Å². The lowest BCUT2D eigenvalue weighted by Crippen LogP contribution is -2.35. The minimum absolute atomic E-state index is 0.192. The minimum atomic E-state index is -0.885. The van der Waals surface area contributed by atoms with Gasteiger partial charge in [0, 0.05) is 13.1 Å². The number of aliphatic carboxylic acids is 1. The Morgan fingerprint density at radius 1 is 1.33 bits per heavy atom. The van der Waals surface area contributed by atoms with E-state index in [9.17, 15) is 14.7 Å². The number of carbonyl (C=O) groups excluding carboxylic acids is 1. The van der Waals surface area contributed by atoms with E-state index in [1.807, 2.05) is 0 Å². The number of carboxylic acid groups (broad SMARTS) is 1. The molecule has 7 heteroatoms. The molecule has 1 amide bonds. The normalized spacial score (nSPS) is 24.0. The van der Waals surface area contributed by atoms with Gasteiger partial charge in [-0.1, -0.05) is 0 Å². The Balaban J connectivity index is 1.79. The minimum Gasteiger partial charge on any atom is -0.484 e. The van der Waals surface area contributed by atoms with E-state index in [4.69, 9.17) is 9.47 Å². The Hall–Kier alpha value is -2.31. The lowest BCUT2D eigenvalue weighted by atomic mass is 9.90. The standard InChI is InChI=1S/C14H16N2O5/c1-14(13(18)19)4-5-16(8-14)12(17)9-2-3-10-11(15-9)21-7-6-20-10/h2-3H,4-8H2,1H3,(H,18,19). The molecule has 0 bridgehead atoms. The summed E-state index contributed by atoms with van der Waals surface area (Å²) in [5.74, 6) is -0.327. The van der Waals surface area contributed by atoms with Crippen molar-refractivity contribution in [2.45, 2.75) is 13.3 Å². The second-order valence-corrected chi connectivity index (χ2v) is 5.54. The summed E-state index contributed by atoms with van der Waals surface area (Å²) in [6, 6.07) is 3.23. The Morgan fingerprint density at radius 3 is 2.81 bits per heavy atom. The van der Waals surface area contributed by atoms with Crippen LogP contribution in [0.4, 0.5) is 0 Å². The monoisotopic (exact) mass is 292 g/mol. The van der Waals surface area contributed by atoms with Crippen LogP contribution in [0.5, 0.6) is 11.6 Å². The van der Waals surface area contributed by atoms with Gasteiger partial charge in [0.1, 0.15) is 18.9 Å². The molecule has 0 aromatic carbocycles. The molecule has 1 unspecified atom stereocenters. The van der Waals surface area contributed by atoms with Crippen molar-refractivity contribution in [1.29, 1.82) is 0 Å². The first-order valence-electron chi connectivity index (χ1n) is 6.79. The number of pyridine rings is 1. The summed E-state index contributed by atoms with van der Waals surface area (Å²) in [7, 11) is 0. The van der Waals surface area contributed by atoms with Gasteiger partial charge in [0.05, 0.1) is 5.41 Å². The number of fused-ring (bicyclic) bond motifs is 1. The molecule has 1 aromatic heterocycles. The first kappa shape index (κ1) is 13.7. The van der Waals surface area contributed by atoms with Crippen molar-refractivity contribution in [3.63, 3.8) is 0 Å². The topological polar surface area (TPSA) is 89.0 Å². The second kappa shape index (κ2) is 4.91. The maximum Gasteiger partial charge on any atom is 0.311 e. The molecular formula is C14H16N2O5. The summed E-state index contributed by atoms with van der Waals surface area (Å²) >= 11 is 0. The first-order valence-corrected chi connectivity index (χ1v) is 6.79. The predicted octanol–water partition coefficient (Wildman–Crippen LogP) is 0.790. The van der Waals surface area contributed by atoms with Gasteiger partial charge in [-0.25, -0.2) is 4.98 Å². The molecule has 1 saturated heterocycles. The molecule has 1 N–H and O–H groups in total. The quantitative estimate of drug-likeness (QED) is 0.867. The highest BCUT2D eigenvalue weighted by atomic mass is 16.6. The summed E-state index contributed by atoms with van der Waals surface area (Å²) in [6.45, 7) is 3.12. The van der Waals surface area contributed by atoms with Gasteiger partial charge in [0.15, 0.2) is 5.75 Å². The van der Waals surface area contributed by atoms with Gasteiger partial charge in [-0.15, -0.1) is 0 Å². The number of carbonyl (C=O) groups is 2. The van der Waals surface area contributed by atoms with E-state index in [1.165, 1.54) is 4.90 Å². The summed E-state index contributed by atoms with van der Waals surface area (Å²) in [4.78, 5) is 29.3. The third kappa shape index (κ3) is 2.39. The highest BCUT2D eigenvalue weighted by Crippen LogP contribution is 2.32. The zero-order valence-corrected chi connectivity index (χ0v) is 11.7. The van der Waals surface area contributed by atoms with Crippen molar-refractivity contribution in [2.24, 2.45) is 5.41 Å². The van der Waals surface area contributed by atoms with Crippen LogP contribution in [0.3, 0.4) is 0 Å². The van der Waals surface area contributed by atoms with E-state index >= 15 is 0 Å². The molecule has 112 valence electrons. The largest absolute Gasteiger partial charge is 0.484 e. The summed E-state index contributed by atoms with van der Waals surface area (Å²) < 4.78 is 10.7. The van der Waals surface area contributed by atoms with E-state index in [-0.39, 0.29) is 18.1 Å². The van der Waals surface area contributed by atoms with Crippen LogP contribution in [-0.4, -0.2) is 53.2 Å². The van der Waals surface area contributed by atoms with Gasteiger partial charge >= 0.3 is 5.97 Å². The fourth-order valence-electron chi connectivity index (χ4n) is 2.52. The smallest absolute Gasteiger partial charge is 0.311 e. The summed E-state index contributed by atoms with van der Waals surface area (Å²) in [6.07, 6.45) is 0.443. The van der Waals surface area contributed by atoms with Crippen molar-refractivity contribution in [3.8, 4) is 11.6 Å². The van der Waals surface area contributed by atoms with Crippen molar-refractivity contribution in [1.82, 2.24) is 9.88 Å². The third-order valence-corrected chi connectivity index (χ3v) is 3.90. The van der Waals surface area contributed by atoms with Crippen molar-refractivity contribution < 1.29 is 24.2 Å². The van der Waals surface area contributed by atoms with Crippen LogP contribution >= 0.6 is 0 Å². The molecule has 0 saturated carbocycles. The lowest BCUT2D eigenvalue weighted by Gasteiger charge is -2.21. The second-order valence-electron chi connectivity index (χ2n) is 5.54. The SMILES string of the molecule is CC1(C(=O)O)CCN(C(=O)c2ccc3c(n2)OCCO3)C1. The van der Waals surface area contributed by atoms with Crippen LogP contribution < -0.4 is 9.47 Å². The average molecular weight is 292 g/mol. The Labute approximate surface area is 121 Å². The molecule has 0 radical (unpaired) electrons.